The number of hydrogen-bond acceptors (Lipinski definition) is 2. The second-order valence-electron chi connectivity index (χ2n) is 3.73. The van der Waals surface area contributed by atoms with Crippen LogP contribution in [0.25, 0.3) is 10.5 Å². The lowest BCUT2D eigenvalue weighted by Crippen LogP contribution is -2.03. The van der Waals surface area contributed by atoms with E-state index in [4.69, 9.17) is 12.3 Å². The molecule has 0 atom stereocenters. The van der Waals surface area contributed by atoms with Gasteiger partial charge < -0.3 is 5.73 Å². The van der Waals surface area contributed by atoms with Gasteiger partial charge in [-0.05, 0) is 31.0 Å². The van der Waals surface area contributed by atoms with Crippen LogP contribution in [0.3, 0.4) is 0 Å². The van der Waals surface area contributed by atoms with E-state index in [-0.39, 0.29) is 0 Å². The number of anilines is 1. The standard InChI is InChI=1S/C12H12N4/c1-8-4-5-9(2)11(6-8)16-12(13)10(14-3)7-15-16/h4-7H,13H2,1-2H3. The molecule has 1 aromatic heterocycles. The molecule has 2 rings (SSSR count). The van der Waals surface area contributed by atoms with Gasteiger partial charge in [0.15, 0.2) is 0 Å². The van der Waals surface area contributed by atoms with E-state index in [1.165, 1.54) is 6.20 Å². The van der Waals surface area contributed by atoms with Crippen LogP contribution >= 0.6 is 0 Å². The lowest BCUT2D eigenvalue weighted by molar-refractivity contribution is 0.882. The zero-order valence-corrected chi connectivity index (χ0v) is 9.23. The Hall–Kier alpha value is -2.28. The Kier molecular flexibility index (Phi) is 2.37. The molecule has 0 aliphatic carbocycles. The van der Waals surface area contributed by atoms with Crippen molar-refractivity contribution in [2.24, 2.45) is 0 Å². The average molecular weight is 212 g/mol. The van der Waals surface area contributed by atoms with Crippen molar-refractivity contribution in [2.75, 3.05) is 5.73 Å². The average Bonchev–Trinajstić information content (AvgIpc) is 2.63. The zero-order valence-electron chi connectivity index (χ0n) is 9.23. The summed E-state index contributed by atoms with van der Waals surface area (Å²) in [6.45, 7) is 11.0. The van der Waals surface area contributed by atoms with E-state index in [1.54, 1.807) is 4.68 Å². The number of benzene rings is 1. The van der Waals surface area contributed by atoms with E-state index in [1.807, 2.05) is 32.0 Å². The van der Waals surface area contributed by atoms with Crippen LogP contribution in [-0.2, 0) is 0 Å². The number of aryl methyl sites for hydroxylation is 2. The smallest absolute Gasteiger partial charge is 0.247 e. The summed E-state index contributed by atoms with van der Waals surface area (Å²) < 4.78 is 1.61. The van der Waals surface area contributed by atoms with E-state index in [0.29, 0.717) is 11.5 Å². The van der Waals surface area contributed by atoms with E-state index in [9.17, 15) is 0 Å². The molecule has 4 heteroatoms. The number of aromatic nitrogens is 2. The highest BCUT2D eigenvalue weighted by Crippen LogP contribution is 2.26. The van der Waals surface area contributed by atoms with Gasteiger partial charge in [0.2, 0.25) is 5.69 Å². The minimum absolute atomic E-state index is 0.390. The third-order valence-electron chi connectivity index (χ3n) is 2.50. The molecule has 0 saturated heterocycles. The first kappa shape index (κ1) is 10.2. The highest BCUT2D eigenvalue weighted by Gasteiger charge is 2.10. The molecule has 0 amide bonds. The van der Waals surface area contributed by atoms with Crippen LogP contribution in [0, 0.1) is 20.4 Å². The Balaban J connectivity index is 2.64. The van der Waals surface area contributed by atoms with Crippen molar-refractivity contribution in [3.63, 3.8) is 0 Å². The van der Waals surface area contributed by atoms with Gasteiger partial charge in [0.1, 0.15) is 5.82 Å². The van der Waals surface area contributed by atoms with Gasteiger partial charge in [0, 0.05) is 0 Å². The van der Waals surface area contributed by atoms with Gasteiger partial charge in [0.25, 0.3) is 0 Å². The van der Waals surface area contributed by atoms with Gasteiger partial charge in [-0.1, -0.05) is 12.1 Å². The summed E-state index contributed by atoms with van der Waals surface area (Å²) in [7, 11) is 0. The molecule has 1 heterocycles. The van der Waals surface area contributed by atoms with Crippen LogP contribution in [0.5, 0.6) is 0 Å². The molecule has 0 radical (unpaired) electrons. The monoisotopic (exact) mass is 212 g/mol. The van der Waals surface area contributed by atoms with E-state index in [2.05, 4.69) is 9.94 Å². The molecule has 1 aromatic carbocycles. The molecule has 0 aliphatic rings. The van der Waals surface area contributed by atoms with Gasteiger partial charge in [-0.15, -0.1) is 0 Å². The summed E-state index contributed by atoms with van der Waals surface area (Å²) in [4.78, 5) is 3.31. The molecule has 2 aromatic rings. The van der Waals surface area contributed by atoms with Crippen molar-refractivity contribution in [1.29, 1.82) is 0 Å². The fourth-order valence-electron chi connectivity index (χ4n) is 1.57. The summed E-state index contributed by atoms with van der Waals surface area (Å²) in [6, 6.07) is 6.06. The Morgan fingerprint density at radius 3 is 2.75 bits per heavy atom. The summed E-state index contributed by atoms with van der Waals surface area (Å²) in [5.41, 5.74) is 9.38. The van der Waals surface area contributed by atoms with Gasteiger partial charge in [-0.2, -0.15) is 5.10 Å². The maximum Gasteiger partial charge on any atom is 0.247 e. The van der Waals surface area contributed by atoms with Crippen LogP contribution in [0.15, 0.2) is 24.4 Å². The molecule has 4 nitrogen and oxygen atoms in total. The van der Waals surface area contributed by atoms with Gasteiger partial charge >= 0.3 is 0 Å². The number of hydrogen-bond donors (Lipinski definition) is 1. The maximum absolute atomic E-state index is 6.95. The number of nitrogens with two attached hydrogens (primary N) is 1. The van der Waals surface area contributed by atoms with Crippen LogP contribution < -0.4 is 5.73 Å². The molecule has 16 heavy (non-hydrogen) atoms. The lowest BCUT2D eigenvalue weighted by Gasteiger charge is -2.09. The molecular weight excluding hydrogens is 200 g/mol. The number of nitrogen functional groups attached to an aromatic ring is 1. The number of nitrogens with zero attached hydrogens (tertiary/aromatic N) is 3. The first-order valence-electron chi connectivity index (χ1n) is 4.92. The minimum atomic E-state index is 0.390. The second-order valence-corrected chi connectivity index (χ2v) is 3.73. The molecule has 0 saturated carbocycles. The van der Waals surface area contributed by atoms with Crippen molar-refractivity contribution >= 4 is 11.5 Å². The SMILES string of the molecule is [C-]#[N+]c1cnn(-c2cc(C)ccc2C)c1N. The third kappa shape index (κ3) is 1.52. The Morgan fingerprint density at radius 2 is 2.12 bits per heavy atom. The molecule has 80 valence electrons. The molecule has 0 fully saturated rings. The maximum atomic E-state index is 6.95. The summed E-state index contributed by atoms with van der Waals surface area (Å²) >= 11 is 0. The normalized spacial score (nSPS) is 10.1. The van der Waals surface area contributed by atoms with Crippen molar-refractivity contribution in [3.8, 4) is 5.69 Å². The first-order valence-corrected chi connectivity index (χ1v) is 4.92. The van der Waals surface area contributed by atoms with Gasteiger partial charge in [0.05, 0.1) is 18.5 Å². The van der Waals surface area contributed by atoms with Crippen LogP contribution in [0.4, 0.5) is 11.5 Å². The highest BCUT2D eigenvalue weighted by atomic mass is 15.3. The van der Waals surface area contributed by atoms with Crippen molar-refractivity contribution < 1.29 is 0 Å². The van der Waals surface area contributed by atoms with Crippen molar-refractivity contribution in [2.45, 2.75) is 13.8 Å². The minimum Gasteiger partial charge on any atom is -0.392 e. The largest absolute Gasteiger partial charge is 0.392 e. The fourth-order valence-corrected chi connectivity index (χ4v) is 1.57. The Morgan fingerprint density at radius 1 is 1.38 bits per heavy atom. The summed E-state index contributed by atoms with van der Waals surface area (Å²) in [5, 5.41) is 4.14. The Bertz CT molecular complexity index is 575. The Labute approximate surface area is 94.1 Å². The van der Waals surface area contributed by atoms with Gasteiger partial charge in [-0.3, -0.25) is 0 Å². The van der Waals surface area contributed by atoms with Crippen LogP contribution in [0.1, 0.15) is 11.1 Å². The van der Waals surface area contributed by atoms with E-state index < -0.39 is 0 Å². The lowest BCUT2D eigenvalue weighted by atomic mass is 10.1. The molecule has 0 spiro atoms. The quantitative estimate of drug-likeness (QED) is 0.739. The van der Waals surface area contributed by atoms with Crippen molar-refractivity contribution in [1.82, 2.24) is 9.78 Å². The molecular formula is C12H12N4. The topological polar surface area (TPSA) is 48.2 Å². The van der Waals surface area contributed by atoms with Gasteiger partial charge in [-0.25, -0.2) is 9.53 Å². The van der Waals surface area contributed by atoms with E-state index in [0.717, 1.165) is 16.8 Å². The first-order chi connectivity index (χ1) is 7.63. The predicted octanol–water partition coefficient (Wildman–Crippen LogP) is 2.62. The fraction of sp³-hybridized carbons (Fsp3) is 0.167. The predicted molar refractivity (Wildman–Crippen MR) is 63.7 cm³/mol. The van der Waals surface area contributed by atoms with Crippen molar-refractivity contribution in [3.05, 3.63) is 46.9 Å². The van der Waals surface area contributed by atoms with Crippen LogP contribution in [0.2, 0.25) is 0 Å². The summed E-state index contributed by atoms with van der Waals surface area (Å²) in [5.74, 6) is 0.392. The number of rotatable bonds is 1. The summed E-state index contributed by atoms with van der Waals surface area (Å²) in [6.07, 6.45) is 1.49. The zero-order chi connectivity index (χ0) is 11.7. The van der Waals surface area contributed by atoms with Crippen LogP contribution in [-0.4, -0.2) is 9.78 Å². The second kappa shape index (κ2) is 3.70. The molecule has 0 aliphatic heterocycles. The third-order valence-corrected chi connectivity index (χ3v) is 2.50. The van der Waals surface area contributed by atoms with E-state index >= 15 is 0 Å². The molecule has 2 N–H and O–H groups in total. The molecule has 0 unspecified atom stereocenters. The highest BCUT2D eigenvalue weighted by molar-refractivity contribution is 5.65. The molecule has 0 bridgehead atoms.